The molecule has 0 saturated heterocycles. The number of rotatable bonds is 2. The quantitative estimate of drug-likeness (QED) is 0.770. The van der Waals surface area contributed by atoms with Crippen LogP contribution in [0.1, 0.15) is 16.1 Å². The van der Waals surface area contributed by atoms with Crippen molar-refractivity contribution in [3.63, 3.8) is 0 Å². The molecule has 0 spiro atoms. The zero-order valence-corrected chi connectivity index (χ0v) is 10.1. The number of aryl methyl sites for hydroxylation is 1. The van der Waals surface area contributed by atoms with Crippen LogP contribution in [-0.4, -0.2) is 18.2 Å². The van der Waals surface area contributed by atoms with Crippen LogP contribution in [0.3, 0.4) is 0 Å². The summed E-state index contributed by atoms with van der Waals surface area (Å²) < 4.78 is 9.71. The maximum absolute atomic E-state index is 11.6. The summed E-state index contributed by atoms with van der Waals surface area (Å²) in [4.78, 5) is 11.6. The molecule has 0 saturated carbocycles. The molecular formula is C12H10ClNO3. The standard InChI is InChI=1S/C12H10ClNO3/c1-7-10(12(15)16-2)11(14-17-7)8-4-3-5-9(13)6-8/h3-6H,1-2H3. The second-order valence-electron chi connectivity index (χ2n) is 3.46. The van der Waals surface area contributed by atoms with Crippen molar-refractivity contribution in [3.05, 3.63) is 40.6 Å². The second-order valence-corrected chi connectivity index (χ2v) is 3.90. The van der Waals surface area contributed by atoms with Crippen LogP contribution in [-0.2, 0) is 4.74 Å². The number of carbonyl (C=O) groups is 1. The number of benzene rings is 1. The van der Waals surface area contributed by atoms with Gasteiger partial charge >= 0.3 is 5.97 Å². The molecule has 1 aromatic heterocycles. The minimum Gasteiger partial charge on any atom is -0.465 e. The number of aromatic nitrogens is 1. The normalized spacial score (nSPS) is 10.3. The van der Waals surface area contributed by atoms with Gasteiger partial charge in [-0.1, -0.05) is 28.9 Å². The van der Waals surface area contributed by atoms with Crippen molar-refractivity contribution in [3.8, 4) is 11.3 Å². The zero-order chi connectivity index (χ0) is 12.4. The molecule has 17 heavy (non-hydrogen) atoms. The van der Waals surface area contributed by atoms with Crippen molar-refractivity contribution >= 4 is 17.6 Å². The molecule has 4 nitrogen and oxygen atoms in total. The fourth-order valence-electron chi connectivity index (χ4n) is 1.55. The molecule has 88 valence electrons. The van der Waals surface area contributed by atoms with E-state index in [1.54, 1.807) is 31.2 Å². The van der Waals surface area contributed by atoms with Gasteiger partial charge in [-0.25, -0.2) is 4.79 Å². The number of ether oxygens (including phenoxy) is 1. The number of hydrogen-bond acceptors (Lipinski definition) is 4. The molecule has 5 heteroatoms. The summed E-state index contributed by atoms with van der Waals surface area (Å²) in [7, 11) is 1.32. The summed E-state index contributed by atoms with van der Waals surface area (Å²) in [6.45, 7) is 1.66. The van der Waals surface area contributed by atoms with Crippen LogP contribution in [0.25, 0.3) is 11.3 Å². The molecule has 0 atom stereocenters. The first-order valence-electron chi connectivity index (χ1n) is 4.94. The van der Waals surface area contributed by atoms with Crippen molar-refractivity contribution in [2.75, 3.05) is 7.11 Å². The lowest BCUT2D eigenvalue weighted by Gasteiger charge is -2.01. The van der Waals surface area contributed by atoms with Gasteiger partial charge in [0.1, 0.15) is 17.0 Å². The lowest BCUT2D eigenvalue weighted by Crippen LogP contribution is -2.03. The van der Waals surface area contributed by atoms with E-state index in [1.165, 1.54) is 7.11 Å². The number of methoxy groups -OCH3 is 1. The Morgan fingerprint density at radius 2 is 2.24 bits per heavy atom. The minimum absolute atomic E-state index is 0.328. The van der Waals surface area contributed by atoms with Crippen LogP contribution in [0.5, 0.6) is 0 Å². The van der Waals surface area contributed by atoms with Gasteiger partial charge in [0.2, 0.25) is 0 Å². The highest BCUT2D eigenvalue weighted by molar-refractivity contribution is 6.30. The maximum Gasteiger partial charge on any atom is 0.343 e. The van der Waals surface area contributed by atoms with Gasteiger partial charge in [-0.05, 0) is 19.1 Å². The molecule has 2 rings (SSSR count). The van der Waals surface area contributed by atoms with E-state index < -0.39 is 5.97 Å². The molecule has 0 aliphatic rings. The van der Waals surface area contributed by atoms with Gasteiger partial charge in [-0.15, -0.1) is 0 Å². The minimum atomic E-state index is -0.473. The van der Waals surface area contributed by atoms with Crippen molar-refractivity contribution in [2.24, 2.45) is 0 Å². The summed E-state index contributed by atoms with van der Waals surface area (Å²) in [5.41, 5.74) is 1.49. The largest absolute Gasteiger partial charge is 0.465 e. The Morgan fingerprint density at radius 1 is 1.47 bits per heavy atom. The molecule has 0 N–H and O–H groups in total. The maximum atomic E-state index is 11.6. The van der Waals surface area contributed by atoms with Crippen LogP contribution in [0, 0.1) is 6.92 Å². The second kappa shape index (κ2) is 4.59. The molecule has 0 aliphatic heterocycles. The van der Waals surface area contributed by atoms with Gasteiger partial charge < -0.3 is 9.26 Å². The molecule has 0 bridgehead atoms. The Kier molecular flexibility index (Phi) is 3.15. The van der Waals surface area contributed by atoms with Gasteiger partial charge in [0.25, 0.3) is 0 Å². The summed E-state index contributed by atoms with van der Waals surface area (Å²) in [6, 6.07) is 7.04. The fourth-order valence-corrected chi connectivity index (χ4v) is 1.74. The first-order valence-corrected chi connectivity index (χ1v) is 5.32. The highest BCUT2D eigenvalue weighted by Gasteiger charge is 2.22. The van der Waals surface area contributed by atoms with Gasteiger partial charge in [0.15, 0.2) is 0 Å². The predicted octanol–water partition coefficient (Wildman–Crippen LogP) is 3.09. The smallest absolute Gasteiger partial charge is 0.343 e. The molecule has 0 fully saturated rings. The third-order valence-electron chi connectivity index (χ3n) is 2.35. The van der Waals surface area contributed by atoms with Gasteiger partial charge in [-0.2, -0.15) is 0 Å². The van der Waals surface area contributed by atoms with E-state index in [9.17, 15) is 4.79 Å². The summed E-state index contributed by atoms with van der Waals surface area (Å²) >= 11 is 5.89. The lowest BCUT2D eigenvalue weighted by atomic mass is 10.1. The van der Waals surface area contributed by atoms with Gasteiger partial charge in [0.05, 0.1) is 7.11 Å². The Bertz CT molecular complexity index is 563. The highest BCUT2D eigenvalue weighted by Crippen LogP contribution is 2.27. The van der Waals surface area contributed by atoms with E-state index in [-0.39, 0.29) is 0 Å². The molecule has 0 unspecified atom stereocenters. The Hall–Kier alpha value is -1.81. The Labute approximate surface area is 103 Å². The van der Waals surface area contributed by atoms with Crippen molar-refractivity contribution in [1.29, 1.82) is 0 Å². The highest BCUT2D eigenvalue weighted by atomic mass is 35.5. The van der Waals surface area contributed by atoms with E-state index in [0.717, 1.165) is 5.56 Å². The predicted molar refractivity (Wildman–Crippen MR) is 63.0 cm³/mol. The summed E-state index contributed by atoms with van der Waals surface area (Å²) in [5.74, 6) is -0.0504. The number of hydrogen-bond donors (Lipinski definition) is 0. The third-order valence-corrected chi connectivity index (χ3v) is 2.59. The van der Waals surface area contributed by atoms with E-state index in [4.69, 9.17) is 20.9 Å². The van der Waals surface area contributed by atoms with Gasteiger partial charge in [0, 0.05) is 10.6 Å². The molecule has 2 aromatic rings. The average Bonchev–Trinajstić information content (AvgIpc) is 2.70. The van der Waals surface area contributed by atoms with Crippen LogP contribution in [0.4, 0.5) is 0 Å². The molecule has 0 aliphatic carbocycles. The topological polar surface area (TPSA) is 52.3 Å². The average molecular weight is 252 g/mol. The number of carbonyl (C=O) groups excluding carboxylic acids is 1. The van der Waals surface area contributed by atoms with E-state index in [0.29, 0.717) is 22.0 Å². The van der Waals surface area contributed by atoms with Crippen molar-refractivity contribution in [2.45, 2.75) is 6.92 Å². The van der Waals surface area contributed by atoms with E-state index in [2.05, 4.69) is 5.16 Å². The van der Waals surface area contributed by atoms with Crippen LogP contribution in [0.2, 0.25) is 5.02 Å². The number of esters is 1. The SMILES string of the molecule is COC(=O)c1c(-c2cccc(Cl)c2)noc1C. The fraction of sp³-hybridized carbons (Fsp3) is 0.167. The van der Waals surface area contributed by atoms with Crippen molar-refractivity contribution in [1.82, 2.24) is 5.16 Å². The first-order chi connectivity index (χ1) is 8.13. The number of halogens is 1. The molecular weight excluding hydrogens is 242 g/mol. The lowest BCUT2D eigenvalue weighted by molar-refractivity contribution is 0.0599. The summed E-state index contributed by atoms with van der Waals surface area (Å²) in [5, 5.41) is 4.43. The summed E-state index contributed by atoms with van der Waals surface area (Å²) in [6.07, 6.45) is 0. The molecule has 0 radical (unpaired) electrons. The monoisotopic (exact) mass is 251 g/mol. The van der Waals surface area contributed by atoms with Crippen molar-refractivity contribution < 1.29 is 14.1 Å². The molecule has 1 heterocycles. The Morgan fingerprint density at radius 3 is 2.88 bits per heavy atom. The van der Waals surface area contributed by atoms with Crippen LogP contribution < -0.4 is 0 Å². The number of nitrogens with zero attached hydrogens (tertiary/aromatic N) is 1. The van der Waals surface area contributed by atoms with E-state index >= 15 is 0 Å². The molecule has 0 amide bonds. The zero-order valence-electron chi connectivity index (χ0n) is 9.36. The van der Waals surface area contributed by atoms with Gasteiger partial charge in [-0.3, -0.25) is 0 Å². The molecule has 1 aromatic carbocycles. The van der Waals surface area contributed by atoms with E-state index in [1.807, 2.05) is 0 Å². The van der Waals surface area contributed by atoms with Crippen LogP contribution in [0.15, 0.2) is 28.8 Å². The third kappa shape index (κ3) is 2.17. The Balaban J connectivity index is 2.57. The first kappa shape index (κ1) is 11.7. The van der Waals surface area contributed by atoms with Crippen LogP contribution >= 0.6 is 11.6 Å².